The number of anilines is 1. The number of aromatic carboxylic acids is 1. The van der Waals surface area contributed by atoms with Crippen LogP contribution < -0.4 is 5.32 Å². The molecule has 1 aliphatic heterocycles. The maximum Gasteiger partial charge on any atom is 0.335 e. The lowest BCUT2D eigenvalue weighted by Crippen LogP contribution is -2.40. The van der Waals surface area contributed by atoms with Crippen LogP contribution in [0, 0.1) is 5.92 Å². The number of hydrogen-bond donors (Lipinski definition) is 2. The molecule has 2 rings (SSSR count). The van der Waals surface area contributed by atoms with Gasteiger partial charge in [-0.1, -0.05) is 24.9 Å². The molecule has 0 aliphatic carbocycles. The Morgan fingerprint density at radius 2 is 2.00 bits per heavy atom. The van der Waals surface area contributed by atoms with Crippen molar-refractivity contribution < 1.29 is 14.7 Å². The number of nitrogens with zero attached hydrogens (tertiary/aromatic N) is 1. The van der Waals surface area contributed by atoms with E-state index in [4.69, 9.17) is 16.7 Å². The minimum Gasteiger partial charge on any atom is -0.478 e. The van der Waals surface area contributed by atoms with Crippen molar-refractivity contribution in [2.75, 3.05) is 18.4 Å². The summed E-state index contributed by atoms with van der Waals surface area (Å²) in [5.74, 6) is -0.379. The van der Waals surface area contributed by atoms with Crippen LogP contribution in [0.1, 0.15) is 36.5 Å². The first-order valence-corrected chi connectivity index (χ1v) is 7.47. The topological polar surface area (TPSA) is 69.6 Å². The molecule has 0 radical (unpaired) electrons. The first-order chi connectivity index (χ1) is 9.99. The lowest BCUT2D eigenvalue weighted by molar-refractivity contribution is 0.0697. The number of halogens is 1. The van der Waals surface area contributed by atoms with Gasteiger partial charge in [0.15, 0.2) is 0 Å². The maximum atomic E-state index is 12.2. The molecule has 6 heteroatoms. The fourth-order valence-corrected chi connectivity index (χ4v) is 2.77. The van der Waals surface area contributed by atoms with Gasteiger partial charge >= 0.3 is 12.0 Å². The smallest absolute Gasteiger partial charge is 0.335 e. The van der Waals surface area contributed by atoms with Crippen molar-refractivity contribution in [2.45, 2.75) is 26.2 Å². The van der Waals surface area contributed by atoms with Gasteiger partial charge in [0.25, 0.3) is 0 Å². The van der Waals surface area contributed by atoms with Crippen molar-refractivity contribution in [1.29, 1.82) is 0 Å². The molecule has 1 saturated heterocycles. The van der Waals surface area contributed by atoms with E-state index in [1.807, 2.05) is 0 Å². The molecular weight excluding hydrogens is 292 g/mol. The molecule has 1 heterocycles. The molecule has 0 spiro atoms. The molecule has 1 aromatic carbocycles. The average molecular weight is 311 g/mol. The third-order valence-corrected chi connectivity index (χ3v) is 4.09. The van der Waals surface area contributed by atoms with Crippen LogP contribution in [-0.4, -0.2) is 35.1 Å². The fraction of sp³-hybridized carbons (Fsp3) is 0.467. The van der Waals surface area contributed by atoms with Crippen LogP contribution in [0.2, 0.25) is 5.02 Å². The van der Waals surface area contributed by atoms with E-state index < -0.39 is 5.97 Å². The highest BCUT2D eigenvalue weighted by Crippen LogP contribution is 2.22. The second kappa shape index (κ2) is 6.80. The number of rotatable bonds is 3. The summed E-state index contributed by atoms with van der Waals surface area (Å²) in [5.41, 5.74) is 0.463. The highest BCUT2D eigenvalue weighted by atomic mass is 35.5. The maximum absolute atomic E-state index is 12.2. The average Bonchev–Trinajstić information content (AvgIpc) is 2.46. The Morgan fingerprint density at radius 1 is 1.33 bits per heavy atom. The second-order valence-corrected chi connectivity index (χ2v) is 5.74. The number of carboxylic acids is 1. The van der Waals surface area contributed by atoms with Gasteiger partial charge in [0.05, 0.1) is 5.56 Å². The Bertz CT molecular complexity index is 540. The van der Waals surface area contributed by atoms with Gasteiger partial charge in [0.1, 0.15) is 0 Å². The van der Waals surface area contributed by atoms with Crippen LogP contribution in [0.3, 0.4) is 0 Å². The van der Waals surface area contributed by atoms with Gasteiger partial charge in [-0.3, -0.25) is 0 Å². The van der Waals surface area contributed by atoms with Gasteiger partial charge in [0.2, 0.25) is 0 Å². The van der Waals surface area contributed by atoms with E-state index in [1.54, 1.807) is 11.0 Å². The molecule has 5 nitrogen and oxygen atoms in total. The number of benzene rings is 1. The van der Waals surface area contributed by atoms with Crippen LogP contribution in [0.4, 0.5) is 10.5 Å². The van der Waals surface area contributed by atoms with E-state index in [1.165, 1.54) is 12.1 Å². The molecule has 1 aromatic rings. The van der Waals surface area contributed by atoms with E-state index in [0.29, 0.717) is 11.6 Å². The van der Waals surface area contributed by atoms with Gasteiger partial charge in [-0.2, -0.15) is 0 Å². The van der Waals surface area contributed by atoms with Gasteiger partial charge in [-0.25, -0.2) is 9.59 Å². The highest BCUT2D eigenvalue weighted by molar-refractivity contribution is 6.31. The largest absolute Gasteiger partial charge is 0.478 e. The summed E-state index contributed by atoms with van der Waals surface area (Å²) >= 11 is 5.87. The highest BCUT2D eigenvalue weighted by Gasteiger charge is 2.22. The lowest BCUT2D eigenvalue weighted by Gasteiger charge is -2.31. The number of carbonyl (C=O) groups is 2. The number of carboxylic acid groups (broad SMARTS) is 1. The molecule has 0 unspecified atom stereocenters. The van der Waals surface area contributed by atoms with Crippen molar-refractivity contribution in [3.63, 3.8) is 0 Å². The Balaban J connectivity index is 2.01. The number of amides is 2. The number of carbonyl (C=O) groups excluding carboxylic acids is 1. The number of urea groups is 1. The summed E-state index contributed by atoms with van der Waals surface area (Å²) in [6.45, 7) is 3.63. The molecule has 1 aliphatic rings. The summed E-state index contributed by atoms with van der Waals surface area (Å²) in [5, 5.41) is 12.0. The molecule has 2 N–H and O–H groups in total. The van der Waals surface area contributed by atoms with Crippen LogP contribution in [-0.2, 0) is 0 Å². The predicted octanol–water partition coefficient (Wildman–Crippen LogP) is 3.69. The van der Waals surface area contributed by atoms with Crippen molar-refractivity contribution in [3.05, 3.63) is 28.8 Å². The molecular formula is C15H19ClN2O3. The second-order valence-electron chi connectivity index (χ2n) is 5.30. The van der Waals surface area contributed by atoms with Crippen molar-refractivity contribution in [2.24, 2.45) is 5.92 Å². The molecule has 21 heavy (non-hydrogen) atoms. The quantitative estimate of drug-likeness (QED) is 0.894. The molecule has 0 aromatic heterocycles. The van der Waals surface area contributed by atoms with Crippen LogP contribution >= 0.6 is 11.6 Å². The Labute approximate surface area is 128 Å². The zero-order valence-corrected chi connectivity index (χ0v) is 12.7. The van der Waals surface area contributed by atoms with E-state index >= 15 is 0 Å². The van der Waals surface area contributed by atoms with Gasteiger partial charge in [0, 0.05) is 23.8 Å². The molecule has 0 atom stereocenters. The van der Waals surface area contributed by atoms with E-state index in [-0.39, 0.29) is 16.6 Å². The molecule has 0 bridgehead atoms. The van der Waals surface area contributed by atoms with Crippen LogP contribution in [0.15, 0.2) is 18.2 Å². The van der Waals surface area contributed by atoms with Crippen molar-refractivity contribution in [1.82, 2.24) is 4.90 Å². The summed E-state index contributed by atoms with van der Waals surface area (Å²) < 4.78 is 0. The fourth-order valence-electron chi connectivity index (χ4n) is 2.53. The van der Waals surface area contributed by atoms with Gasteiger partial charge in [-0.05, 0) is 37.0 Å². The summed E-state index contributed by atoms with van der Waals surface area (Å²) in [4.78, 5) is 24.9. The molecule has 0 saturated carbocycles. The summed E-state index contributed by atoms with van der Waals surface area (Å²) in [6.07, 6.45) is 3.17. The van der Waals surface area contributed by atoms with Crippen molar-refractivity contribution >= 4 is 29.3 Å². The first-order valence-electron chi connectivity index (χ1n) is 7.09. The normalized spacial score (nSPS) is 15.8. The zero-order chi connectivity index (χ0) is 15.4. The number of piperidine rings is 1. The monoisotopic (exact) mass is 310 g/mol. The predicted molar refractivity (Wildman–Crippen MR) is 82.0 cm³/mol. The number of nitrogens with one attached hydrogen (secondary N) is 1. The first kappa shape index (κ1) is 15.6. The van der Waals surface area contributed by atoms with Gasteiger partial charge in [-0.15, -0.1) is 0 Å². The van der Waals surface area contributed by atoms with Crippen LogP contribution in [0.5, 0.6) is 0 Å². The minimum absolute atomic E-state index is 0.0579. The van der Waals surface area contributed by atoms with Gasteiger partial charge < -0.3 is 15.3 Å². The third-order valence-electron chi connectivity index (χ3n) is 3.88. The standard InChI is InChI=1S/C15H19ClN2O3/c1-2-10-3-5-18(6-4-10)15(21)17-13-8-11(14(19)20)7-12(16)9-13/h7-10H,2-6H2,1H3,(H,17,21)(H,19,20). The van der Waals surface area contributed by atoms with E-state index in [2.05, 4.69) is 12.2 Å². The molecule has 114 valence electrons. The molecule has 1 fully saturated rings. The third kappa shape index (κ3) is 4.11. The Morgan fingerprint density at radius 3 is 2.57 bits per heavy atom. The van der Waals surface area contributed by atoms with E-state index in [0.717, 1.165) is 32.4 Å². The summed E-state index contributed by atoms with van der Waals surface area (Å²) in [7, 11) is 0. The zero-order valence-electron chi connectivity index (χ0n) is 11.9. The molecule has 2 amide bonds. The summed E-state index contributed by atoms with van der Waals surface area (Å²) in [6, 6.07) is 4.10. The van der Waals surface area contributed by atoms with Crippen molar-refractivity contribution in [3.8, 4) is 0 Å². The minimum atomic E-state index is -1.07. The number of hydrogen-bond acceptors (Lipinski definition) is 2. The van der Waals surface area contributed by atoms with Crippen LogP contribution in [0.25, 0.3) is 0 Å². The Kier molecular flexibility index (Phi) is 5.07. The lowest BCUT2D eigenvalue weighted by atomic mass is 9.95. The SMILES string of the molecule is CCC1CCN(C(=O)Nc2cc(Cl)cc(C(=O)O)c2)CC1. The number of likely N-dealkylation sites (tertiary alicyclic amines) is 1. The van der Waals surface area contributed by atoms with E-state index in [9.17, 15) is 9.59 Å². The Hall–Kier alpha value is -1.75.